The second kappa shape index (κ2) is 5.49. The number of hydrogen-bond donors (Lipinski definition) is 1. The molecule has 1 aliphatic rings. The van der Waals surface area contributed by atoms with Crippen molar-refractivity contribution in [1.82, 2.24) is 18.9 Å². The highest BCUT2D eigenvalue weighted by Crippen LogP contribution is 2.29. The molecule has 9 heteroatoms. The van der Waals surface area contributed by atoms with Gasteiger partial charge in [0, 0.05) is 32.9 Å². The lowest BCUT2D eigenvalue weighted by atomic mass is 9.96. The molecule has 22 heavy (non-hydrogen) atoms. The van der Waals surface area contributed by atoms with E-state index < -0.39 is 10.2 Å². The monoisotopic (exact) mass is 324 g/mol. The Morgan fingerprint density at radius 3 is 2.86 bits per heavy atom. The largest absolute Gasteiger partial charge is 0.354 e. The summed E-state index contributed by atoms with van der Waals surface area (Å²) in [4.78, 5) is 6.60. The normalized spacial score (nSPS) is 16.5. The van der Waals surface area contributed by atoms with Crippen LogP contribution in [0.25, 0.3) is 5.52 Å². The first-order chi connectivity index (χ1) is 10.4. The summed E-state index contributed by atoms with van der Waals surface area (Å²) in [6.07, 6.45) is 4.28. The Balaban J connectivity index is 1.62. The lowest BCUT2D eigenvalue weighted by Crippen LogP contribution is -2.49. The van der Waals surface area contributed by atoms with Crippen molar-refractivity contribution >= 4 is 21.5 Å². The van der Waals surface area contributed by atoms with E-state index in [9.17, 15) is 8.42 Å². The van der Waals surface area contributed by atoms with Crippen molar-refractivity contribution in [3.8, 4) is 0 Å². The van der Waals surface area contributed by atoms with Crippen molar-refractivity contribution in [3.63, 3.8) is 0 Å². The van der Waals surface area contributed by atoms with E-state index in [1.165, 1.54) is 11.4 Å². The van der Waals surface area contributed by atoms with Gasteiger partial charge in [0.05, 0.1) is 0 Å². The maximum atomic E-state index is 11.2. The van der Waals surface area contributed by atoms with Crippen molar-refractivity contribution in [2.45, 2.75) is 13.3 Å². The molecule has 3 rings (SSSR count). The molecule has 2 aromatic heterocycles. The third-order valence-electron chi connectivity index (χ3n) is 4.18. The van der Waals surface area contributed by atoms with E-state index in [0.29, 0.717) is 12.5 Å². The molecule has 0 unspecified atom stereocenters. The lowest BCUT2D eigenvalue weighted by molar-refractivity contribution is 0.343. The molecule has 120 valence electrons. The Morgan fingerprint density at radius 1 is 1.45 bits per heavy atom. The van der Waals surface area contributed by atoms with Gasteiger partial charge in [-0.2, -0.15) is 17.8 Å². The Morgan fingerprint density at radius 2 is 2.18 bits per heavy atom. The first kappa shape index (κ1) is 15.2. The maximum Gasteiger partial charge on any atom is 0.276 e. The summed E-state index contributed by atoms with van der Waals surface area (Å²) in [6, 6.07) is 2.02. The molecule has 0 atom stereocenters. The molecule has 0 aromatic carbocycles. The average Bonchev–Trinajstić information content (AvgIpc) is 2.78. The molecule has 8 nitrogen and oxygen atoms in total. The topological polar surface area (TPSA) is 96.8 Å². The molecule has 2 N–H and O–H groups in total. The van der Waals surface area contributed by atoms with Gasteiger partial charge in [0.15, 0.2) is 5.82 Å². The van der Waals surface area contributed by atoms with Crippen molar-refractivity contribution in [2.75, 3.05) is 31.6 Å². The molecular formula is C13H20N6O2S. The molecule has 0 bridgehead atoms. The van der Waals surface area contributed by atoms with E-state index in [1.807, 2.05) is 23.7 Å². The van der Waals surface area contributed by atoms with Crippen LogP contribution in [-0.4, -0.2) is 54.0 Å². The zero-order valence-corrected chi connectivity index (χ0v) is 13.5. The van der Waals surface area contributed by atoms with Crippen LogP contribution < -0.4 is 10.0 Å². The first-order valence-corrected chi connectivity index (χ1v) is 8.64. The summed E-state index contributed by atoms with van der Waals surface area (Å²) in [5.74, 6) is 1.39. The molecule has 1 fully saturated rings. The lowest BCUT2D eigenvalue weighted by Gasteiger charge is -2.40. The van der Waals surface area contributed by atoms with Gasteiger partial charge >= 0.3 is 0 Å². The van der Waals surface area contributed by atoms with Crippen LogP contribution in [0.5, 0.6) is 0 Å². The minimum atomic E-state index is -3.58. The van der Waals surface area contributed by atoms with Crippen LogP contribution in [0.1, 0.15) is 12.0 Å². The van der Waals surface area contributed by atoms with Gasteiger partial charge in [-0.3, -0.25) is 0 Å². The van der Waals surface area contributed by atoms with Gasteiger partial charge in [0.25, 0.3) is 10.2 Å². The molecule has 1 saturated heterocycles. The van der Waals surface area contributed by atoms with Gasteiger partial charge < -0.3 is 4.90 Å². The van der Waals surface area contributed by atoms with Crippen LogP contribution in [0.15, 0.2) is 18.6 Å². The van der Waals surface area contributed by atoms with Crippen molar-refractivity contribution < 1.29 is 8.42 Å². The second-order valence-electron chi connectivity index (χ2n) is 5.80. The number of aryl methyl sites for hydroxylation is 1. The highest BCUT2D eigenvalue weighted by atomic mass is 32.2. The SMILES string of the molecule is Cc1ccn2ncnc(N3CC(CCN(C)S(N)(=O)=O)C3)c12. The molecule has 0 radical (unpaired) electrons. The summed E-state index contributed by atoms with van der Waals surface area (Å²) in [5.41, 5.74) is 2.18. The van der Waals surface area contributed by atoms with Crippen molar-refractivity contribution in [1.29, 1.82) is 0 Å². The van der Waals surface area contributed by atoms with Crippen LogP contribution in [0.2, 0.25) is 0 Å². The Labute approximate surface area is 129 Å². The average molecular weight is 324 g/mol. The van der Waals surface area contributed by atoms with E-state index in [2.05, 4.69) is 15.0 Å². The van der Waals surface area contributed by atoms with Crippen molar-refractivity contribution in [3.05, 3.63) is 24.2 Å². The quantitative estimate of drug-likeness (QED) is 0.835. The van der Waals surface area contributed by atoms with E-state index in [4.69, 9.17) is 5.14 Å². The van der Waals surface area contributed by atoms with Crippen LogP contribution in [0.4, 0.5) is 5.82 Å². The standard InChI is InChI=1S/C13H20N6O2S/c1-10-3-6-19-12(10)13(15-9-16-19)18-7-11(8-18)4-5-17(2)22(14,20)21/h3,6,9,11H,4-5,7-8H2,1-2H3,(H2,14,20,21). The number of aromatic nitrogens is 3. The van der Waals surface area contributed by atoms with E-state index in [-0.39, 0.29) is 0 Å². The van der Waals surface area contributed by atoms with E-state index >= 15 is 0 Å². The first-order valence-electron chi connectivity index (χ1n) is 7.14. The van der Waals surface area contributed by atoms with Gasteiger partial charge in [0.2, 0.25) is 0 Å². The van der Waals surface area contributed by atoms with Gasteiger partial charge in [-0.1, -0.05) is 0 Å². The Hall–Kier alpha value is -1.71. The summed E-state index contributed by atoms with van der Waals surface area (Å²) < 4.78 is 25.4. The fraction of sp³-hybridized carbons (Fsp3) is 0.538. The number of fused-ring (bicyclic) bond motifs is 1. The molecule has 0 spiro atoms. The minimum Gasteiger partial charge on any atom is -0.354 e. The summed E-state index contributed by atoms with van der Waals surface area (Å²) >= 11 is 0. The highest BCUT2D eigenvalue weighted by Gasteiger charge is 2.30. The zero-order chi connectivity index (χ0) is 15.9. The molecule has 0 amide bonds. The van der Waals surface area contributed by atoms with Gasteiger partial charge in [-0.15, -0.1) is 0 Å². The fourth-order valence-electron chi connectivity index (χ4n) is 2.74. The van der Waals surface area contributed by atoms with Gasteiger partial charge in [0.1, 0.15) is 11.8 Å². The molecule has 2 aromatic rings. The number of nitrogens with zero attached hydrogens (tertiary/aromatic N) is 5. The Kier molecular flexibility index (Phi) is 3.79. The van der Waals surface area contributed by atoms with Crippen LogP contribution >= 0.6 is 0 Å². The van der Waals surface area contributed by atoms with Gasteiger partial charge in [-0.05, 0) is 30.9 Å². The predicted molar refractivity (Wildman–Crippen MR) is 83.8 cm³/mol. The number of rotatable bonds is 5. The molecular weight excluding hydrogens is 304 g/mol. The summed E-state index contributed by atoms with van der Waals surface area (Å²) in [6.45, 7) is 4.23. The van der Waals surface area contributed by atoms with E-state index in [1.54, 1.807) is 6.33 Å². The molecule has 0 saturated carbocycles. The third-order valence-corrected chi connectivity index (χ3v) is 5.23. The summed E-state index contributed by atoms with van der Waals surface area (Å²) in [5, 5.41) is 9.28. The molecule has 1 aliphatic heterocycles. The third kappa shape index (κ3) is 2.79. The van der Waals surface area contributed by atoms with Crippen LogP contribution in [0.3, 0.4) is 0 Å². The van der Waals surface area contributed by atoms with Crippen LogP contribution in [0, 0.1) is 12.8 Å². The van der Waals surface area contributed by atoms with Crippen LogP contribution in [-0.2, 0) is 10.2 Å². The highest BCUT2D eigenvalue weighted by molar-refractivity contribution is 7.86. The Bertz CT molecular complexity index is 781. The van der Waals surface area contributed by atoms with E-state index in [0.717, 1.165) is 36.4 Å². The van der Waals surface area contributed by atoms with Crippen molar-refractivity contribution in [2.24, 2.45) is 11.1 Å². The minimum absolute atomic E-state index is 0.445. The molecule has 0 aliphatic carbocycles. The van der Waals surface area contributed by atoms with Gasteiger partial charge in [-0.25, -0.2) is 14.6 Å². The fourth-order valence-corrected chi connectivity index (χ4v) is 3.10. The predicted octanol–water partition coefficient (Wildman–Crippen LogP) is -0.000680. The molecule has 3 heterocycles. The number of hydrogen-bond acceptors (Lipinski definition) is 5. The smallest absolute Gasteiger partial charge is 0.276 e. The number of nitrogens with two attached hydrogens (primary N) is 1. The zero-order valence-electron chi connectivity index (χ0n) is 12.7. The second-order valence-corrected chi connectivity index (χ2v) is 7.46. The summed E-state index contributed by atoms with van der Waals surface area (Å²) in [7, 11) is -2.08. The maximum absolute atomic E-state index is 11.2. The number of anilines is 1.